The summed E-state index contributed by atoms with van der Waals surface area (Å²) in [6.45, 7) is 0. The van der Waals surface area contributed by atoms with Crippen LogP contribution in [0.2, 0.25) is 0 Å². The van der Waals surface area contributed by atoms with Crippen LogP contribution in [-0.2, 0) is 61.5 Å². The summed E-state index contributed by atoms with van der Waals surface area (Å²) in [7, 11) is -9.28. The van der Waals surface area contributed by atoms with Crippen LogP contribution in [-0.4, -0.2) is 29.4 Å². The summed E-state index contributed by atoms with van der Waals surface area (Å²) in [6, 6.07) is 0. The van der Waals surface area contributed by atoms with Gasteiger partial charge in [0.25, 0.3) is 0 Å². The van der Waals surface area contributed by atoms with Gasteiger partial charge < -0.3 is 51.6 Å². The summed E-state index contributed by atoms with van der Waals surface area (Å²) >= 11 is 0. The van der Waals surface area contributed by atoms with E-state index >= 15 is 0 Å². The van der Waals surface area contributed by atoms with Gasteiger partial charge in [0.2, 0.25) is 0 Å². The first kappa shape index (κ1) is 43.5. The van der Waals surface area contributed by atoms with Gasteiger partial charge in [-0.2, -0.15) is 0 Å². The normalized spacial score (nSPS) is 7.87. The van der Waals surface area contributed by atoms with Crippen molar-refractivity contribution in [3.8, 4) is 0 Å². The van der Waals surface area contributed by atoms with Gasteiger partial charge in [0.05, 0.1) is 0 Å². The first-order chi connectivity index (χ1) is 4.00. The van der Waals surface area contributed by atoms with Gasteiger partial charge >= 0.3 is 41.8 Å². The van der Waals surface area contributed by atoms with Crippen molar-refractivity contribution < 1.29 is 90.9 Å². The molecule has 0 aromatic rings. The maximum absolute atomic E-state index is 8.88. The van der Waals surface area contributed by atoms with Crippen LogP contribution in [0.15, 0.2) is 0 Å². The van der Waals surface area contributed by atoms with Gasteiger partial charge in [0, 0.05) is 26.2 Å². The molecule has 0 atom stereocenters. The number of hydrogen-bond acceptors (Lipinski definition) is 2. The molecule has 0 amide bonds. The Balaban J connectivity index is -0.0000000128. The van der Waals surface area contributed by atoms with Crippen LogP contribution in [0.25, 0.3) is 0 Å². The van der Waals surface area contributed by atoms with E-state index in [1.165, 1.54) is 0 Å². The molecule has 6 N–H and O–H groups in total. The molecule has 0 spiro atoms. The van der Waals surface area contributed by atoms with Crippen LogP contribution in [0.4, 0.5) is 0 Å². The van der Waals surface area contributed by atoms with Crippen molar-refractivity contribution in [2.24, 2.45) is 0 Å². The van der Waals surface area contributed by atoms with Crippen molar-refractivity contribution in [3.05, 3.63) is 22.3 Å². The van der Waals surface area contributed by atoms with Crippen LogP contribution in [0.5, 0.6) is 0 Å². The molecule has 0 bridgehead atoms. The van der Waals surface area contributed by atoms with E-state index in [0.717, 1.165) is 0 Å². The molecule has 0 fully saturated rings. The Morgan fingerprint density at radius 1 is 0.600 bits per heavy atom. The summed E-state index contributed by atoms with van der Waals surface area (Å²) < 4.78 is 17.8. The van der Waals surface area contributed by atoms with Gasteiger partial charge in [-0.3, -0.25) is 0 Å². The molecule has 0 aliphatic rings. The fraction of sp³-hybridized carbons (Fsp3) is 0. The van der Waals surface area contributed by atoms with Gasteiger partial charge in [0.15, 0.2) is 0 Å². The fourth-order valence-corrected chi connectivity index (χ4v) is 0. The van der Waals surface area contributed by atoms with E-state index in [9.17, 15) is 0 Å². The number of phosphoric acid groups is 2. The molecule has 0 unspecified atom stereocenters. The average molecular weight is 424 g/mol. The zero-order valence-electron chi connectivity index (χ0n) is 8.39. The first-order valence-corrected chi connectivity index (χ1v) is 4.70. The van der Waals surface area contributed by atoms with Crippen LogP contribution in [0, 0.1) is 22.3 Å². The topological polar surface area (TPSA) is 156 Å². The Kier molecular flexibility index (Phi) is 53.3. The second-order valence-electron chi connectivity index (χ2n) is 1.03. The Bertz CT molecular complexity index is 138. The molecule has 15 heavy (non-hydrogen) atoms. The SMILES string of the molecule is O=P(O)(O)O.O=P(O)(O)O.[CH3-].[CH3-].[CH3-].[Zr+3].[Zr]. The molecule has 8 nitrogen and oxygen atoms in total. The molecule has 93 valence electrons. The molecule has 0 aromatic carbocycles. The van der Waals surface area contributed by atoms with Gasteiger partial charge in [-0.25, -0.2) is 9.13 Å². The Labute approximate surface area is 128 Å². The van der Waals surface area contributed by atoms with E-state index in [2.05, 4.69) is 0 Å². The summed E-state index contributed by atoms with van der Waals surface area (Å²) in [5.41, 5.74) is 0. The predicted molar refractivity (Wildman–Crippen MR) is 47.8 cm³/mol. The molecule has 0 saturated carbocycles. The van der Waals surface area contributed by atoms with Crippen LogP contribution < -0.4 is 0 Å². The third kappa shape index (κ3) is 793. The summed E-state index contributed by atoms with van der Waals surface area (Å²) in [5.74, 6) is 0. The molecular formula is C3H15O8P2Zr2. The van der Waals surface area contributed by atoms with Crippen LogP contribution >= 0.6 is 15.6 Å². The Morgan fingerprint density at radius 3 is 0.600 bits per heavy atom. The zero-order chi connectivity index (χ0) is 9.00. The van der Waals surface area contributed by atoms with Gasteiger partial charge in [-0.15, -0.1) is 0 Å². The average Bonchev–Trinajstić information content (AvgIpc) is 1.12. The summed E-state index contributed by atoms with van der Waals surface area (Å²) in [5, 5.41) is 0. The van der Waals surface area contributed by atoms with E-state index in [1.807, 2.05) is 0 Å². The number of hydrogen-bond donors (Lipinski definition) is 6. The molecule has 0 saturated heterocycles. The molecule has 0 heterocycles. The van der Waals surface area contributed by atoms with Crippen molar-refractivity contribution in [1.29, 1.82) is 0 Å². The van der Waals surface area contributed by atoms with Crippen LogP contribution in [0.1, 0.15) is 0 Å². The van der Waals surface area contributed by atoms with Crippen molar-refractivity contribution >= 4 is 15.6 Å². The molecule has 12 heteroatoms. The predicted octanol–water partition coefficient (Wildman–Crippen LogP) is -0.511. The zero-order valence-corrected chi connectivity index (χ0v) is 15.1. The van der Waals surface area contributed by atoms with Crippen molar-refractivity contribution in [1.82, 2.24) is 0 Å². The van der Waals surface area contributed by atoms with E-state index in [0.29, 0.717) is 0 Å². The molecule has 0 aliphatic carbocycles. The molecule has 1 radical (unpaired) electrons. The Hall–Kier alpha value is 1.99. The van der Waals surface area contributed by atoms with E-state index < -0.39 is 15.6 Å². The van der Waals surface area contributed by atoms with E-state index in [1.54, 1.807) is 0 Å². The van der Waals surface area contributed by atoms with Gasteiger partial charge in [-0.05, 0) is 0 Å². The third-order valence-electron chi connectivity index (χ3n) is 0. The second-order valence-corrected chi connectivity index (χ2v) is 3.08. The Morgan fingerprint density at radius 2 is 0.600 bits per heavy atom. The minimum Gasteiger partial charge on any atom is -0.358 e. The summed E-state index contributed by atoms with van der Waals surface area (Å²) in [4.78, 5) is 43.1. The maximum atomic E-state index is 8.88. The van der Waals surface area contributed by atoms with Crippen molar-refractivity contribution in [2.75, 3.05) is 0 Å². The largest absolute Gasteiger partial charge is 3.00 e. The smallest absolute Gasteiger partial charge is 0.358 e. The molecule has 0 aliphatic heterocycles. The maximum Gasteiger partial charge on any atom is 3.00 e. The van der Waals surface area contributed by atoms with Crippen molar-refractivity contribution in [3.63, 3.8) is 0 Å². The quantitative estimate of drug-likeness (QED) is 0.225. The molecular weight excluding hydrogens is 408 g/mol. The third-order valence-corrected chi connectivity index (χ3v) is 0. The van der Waals surface area contributed by atoms with Gasteiger partial charge in [0.1, 0.15) is 0 Å². The number of rotatable bonds is 0. The second kappa shape index (κ2) is 18.4. The standard InChI is InChI=1S/3CH3.2H3O4P.2Zr/c;;;2*1-5(2,3)4;;/h3*1H3;2*(H3,1,2,3,4);;/q3*-1;;;;+3. The van der Waals surface area contributed by atoms with Crippen molar-refractivity contribution in [2.45, 2.75) is 0 Å². The fourth-order valence-electron chi connectivity index (χ4n) is 0. The van der Waals surface area contributed by atoms with E-state index in [-0.39, 0.29) is 74.7 Å². The minimum absolute atomic E-state index is 0. The summed E-state index contributed by atoms with van der Waals surface area (Å²) in [6.07, 6.45) is 0. The van der Waals surface area contributed by atoms with Crippen LogP contribution in [0.3, 0.4) is 0 Å². The van der Waals surface area contributed by atoms with Gasteiger partial charge in [-0.1, -0.05) is 0 Å². The molecule has 0 aromatic heterocycles. The monoisotopic (exact) mass is 421 g/mol. The van der Waals surface area contributed by atoms with E-state index in [4.69, 9.17) is 38.5 Å². The minimum atomic E-state index is -4.64. The molecule has 0 rings (SSSR count). The first-order valence-electron chi connectivity index (χ1n) is 1.57.